The van der Waals surface area contributed by atoms with Crippen LogP contribution in [0.1, 0.15) is 53.0 Å². The lowest BCUT2D eigenvalue weighted by Gasteiger charge is -2.38. The standard InChI is InChI=1S/C28H35N3O6/c1-17-13-31(18(2)16-32)27(34)22-5-4-6-23(29-26(33)20-11-12-20)25(22)37-24(17)15-30(3)14-19-7-9-21(10-8-19)28(35)36/h4-10,17-18,20,24,32H,11-16H2,1-3H3,(H,29,33)(H,35,36)/t17-,18+,24+/m1/s1. The largest absolute Gasteiger partial charge is 0.486 e. The maximum absolute atomic E-state index is 13.5. The van der Waals surface area contributed by atoms with E-state index >= 15 is 0 Å². The van der Waals surface area contributed by atoms with Crippen molar-refractivity contribution in [2.45, 2.75) is 45.4 Å². The topological polar surface area (TPSA) is 119 Å². The summed E-state index contributed by atoms with van der Waals surface area (Å²) in [7, 11) is 1.96. The Morgan fingerprint density at radius 1 is 1.19 bits per heavy atom. The number of anilines is 1. The zero-order chi connectivity index (χ0) is 26.7. The summed E-state index contributed by atoms with van der Waals surface area (Å²) in [6, 6.07) is 11.6. The first-order chi connectivity index (χ1) is 17.7. The summed E-state index contributed by atoms with van der Waals surface area (Å²) >= 11 is 0. The van der Waals surface area contributed by atoms with Crippen LogP contribution in [0.2, 0.25) is 0 Å². The third-order valence-corrected chi connectivity index (χ3v) is 7.04. The van der Waals surface area contributed by atoms with Gasteiger partial charge in [-0.15, -0.1) is 0 Å². The van der Waals surface area contributed by atoms with E-state index < -0.39 is 5.97 Å². The number of likely N-dealkylation sites (N-methyl/N-ethyl adjacent to an activating group) is 1. The predicted molar refractivity (Wildman–Crippen MR) is 139 cm³/mol. The number of benzene rings is 2. The molecule has 4 rings (SSSR count). The number of ether oxygens (including phenoxy) is 1. The van der Waals surface area contributed by atoms with Gasteiger partial charge in [0.15, 0.2) is 5.75 Å². The molecule has 2 aliphatic rings. The zero-order valence-electron chi connectivity index (χ0n) is 21.5. The molecule has 0 aromatic heterocycles. The van der Waals surface area contributed by atoms with Crippen LogP contribution >= 0.6 is 0 Å². The molecule has 2 aromatic carbocycles. The lowest BCUT2D eigenvalue weighted by atomic mass is 9.98. The molecule has 0 spiro atoms. The number of aliphatic hydroxyl groups excluding tert-OH is 1. The second-order valence-corrected chi connectivity index (χ2v) is 10.3. The minimum atomic E-state index is -0.962. The molecule has 0 bridgehead atoms. The molecule has 0 saturated heterocycles. The van der Waals surface area contributed by atoms with Crippen molar-refractivity contribution >= 4 is 23.5 Å². The fourth-order valence-electron chi connectivity index (χ4n) is 4.58. The van der Waals surface area contributed by atoms with Crippen LogP contribution in [0.5, 0.6) is 5.75 Å². The molecule has 198 valence electrons. The van der Waals surface area contributed by atoms with Gasteiger partial charge >= 0.3 is 5.97 Å². The number of amides is 2. The van der Waals surface area contributed by atoms with E-state index in [1.54, 1.807) is 47.4 Å². The lowest BCUT2D eigenvalue weighted by molar-refractivity contribution is -0.117. The fraction of sp³-hybridized carbons (Fsp3) is 0.464. The summed E-state index contributed by atoms with van der Waals surface area (Å²) in [5.41, 5.74) is 2.04. The Bertz CT molecular complexity index is 1150. The van der Waals surface area contributed by atoms with E-state index in [1.165, 1.54) is 0 Å². The molecule has 2 amide bonds. The summed E-state index contributed by atoms with van der Waals surface area (Å²) in [5, 5.41) is 21.9. The normalized spacial score (nSPS) is 20.5. The van der Waals surface area contributed by atoms with E-state index in [4.69, 9.17) is 9.84 Å². The van der Waals surface area contributed by atoms with Crippen LogP contribution in [0.25, 0.3) is 0 Å². The molecule has 1 aliphatic carbocycles. The SMILES string of the molecule is C[C@@H]1CN([C@@H](C)CO)C(=O)c2cccc(NC(=O)C3CC3)c2O[C@H]1CN(C)Cc1ccc(C(=O)O)cc1. The van der Waals surface area contributed by atoms with Gasteiger partial charge in [0.05, 0.1) is 29.5 Å². The highest BCUT2D eigenvalue weighted by Crippen LogP contribution is 2.37. The van der Waals surface area contributed by atoms with Crippen LogP contribution in [-0.4, -0.2) is 76.7 Å². The van der Waals surface area contributed by atoms with Crippen molar-refractivity contribution in [3.05, 3.63) is 59.2 Å². The van der Waals surface area contributed by atoms with Gasteiger partial charge in [0, 0.05) is 31.5 Å². The number of nitrogens with zero attached hydrogens (tertiary/aromatic N) is 2. The first kappa shape index (κ1) is 26.6. The zero-order valence-corrected chi connectivity index (χ0v) is 21.5. The van der Waals surface area contributed by atoms with Crippen LogP contribution < -0.4 is 10.1 Å². The Labute approximate surface area is 217 Å². The number of hydrogen-bond donors (Lipinski definition) is 3. The third kappa shape index (κ3) is 6.29. The van der Waals surface area contributed by atoms with Crippen LogP contribution in [0, 0.1) is 11.8 Å². The molecule has 1 heterocycles. The van der Waals surface area contributed by atoms with E-state index in [9.17, 15) is 19.5 Å². The van der Waals surface area contributed by atoms with Gasteiger partial charge < -0.3 is 25.2 Å². The Hall–Kier alpha value is -3.43. The number of rotatable bonds is 9. The van der Waals surface area contributed by atoms with Gasteiger partial charge in [-0.25, -0.2) is 4.79 Å². The Morgan fingerprint density at radius 3 is 2.51 bits per heavy atom. The van der Waals surface area contributed by atoms with Gasteiger partial charge in [-0.1, -0.05) is 25.1 Å². The monoisotopic (exact) mass is 509 g/mol. The highest BCUT2D eigenvalue weighted by Gasteiger charge is 2.36. The van der Waals surface area contributed by atoms with E-state index in [0.29, 0.717) is 36.6 Å². The number of carboxylic acid groups (broad SMARTS) is 1. The summed E-state index contributed by atoms with van der Waals surface area (Å²) in [6.07, 6.45) is 1.41. The fourth-order valence-corrected chi connectivity index (χ4v) is 4.58. The molecule has 9 heteroatoms. The van der Waals surface area contributed by atoms with Gasteiger partial charge in [0.25, 0.3) is 5.91 Å². The number of nitrogens with one attached hydrogen (secondary N) is 1. The molecule has 9 nitrogen and oxygen atoms in total. The molecule has 1 saturated carbocycles. The summed E-state index contributed by atoms with van der Waals surface area (Å²) < 4.78 is 6.53. The maximum Gasteiger partial charge on any atom is 0.335 e. The quantitative estimate of drug-likeness (QED) is 0.475. The van der Waals surface area contributed by atoms with Crippen molar-refractivity contribution in [2.24, 2.45) is 11.8 Å². The Balaban J connectivity index is 1.60. The number of hydrogen-bond acceptors (Lipinski definition) is 6. The minimum absolute atomic E-state index is 0.000563. The van der Waals surface area contributed by atoms with Gasteiger partial charge in [0.1, 0.15) is 6.10 Å². The Morgan fingerprint density at radius 2 is 1.89 bits per heavy atom. The maximum atomic E-state index is 13.5. The molecule has 3 atom stereocenters. The van der Waals surface area contributed by atoms with E-state index in [0.717, 1.165) is 18.4 Å². The van der Waals surface area contributed by atoms with Crippen molar-refractivity contribution < 1.29 is 29.3 Å². The highest BCUT2D eigenvalue weighted by molar-refractivity contribution is 6.02. The number of carboxylic acids is 1. The van der Waals surface area contributed by atoms with Crippen LogP contribution in [-0.2, 0) is 11.3 Å². The number of carbonyl (C=O) groups excluding carboxylic acids is 2. The molecule has 0 unspecified atom stereocenters. The van der Waals surface area contributed by atoms with Gasteiger partial charge in [-0.3, -0.25) is 14.5 Å². The molecule has 37 heavy (non-hydrogen) atoms. The Kier molecular flexibility index (Phi) is 8.14. The predicted octanol–water partition coefficient (Wildman–Crippen LogP) is 3.09. The summed E-state index contributed by atoms with van der Waals surface area (Å²) in [5.74, 6) is -0.993. The molecule has 1 aliphatic heterocycles. The van der Waals surface area contributed by atoms with E-state index in [2.05, 4.69) is 10.2 Å². The highest BCUT2D eigenvalue weighted by atomic mass is 16.5. The van der Waals surface area contributed by atoms with Crippen LogP contribution in [0.15, 0.2) is 42.5 Å². The molecule has 1 fully saturated rings. The molecule has 3 N–H and O–H groups in total. The van der Waals surface area contributed by atoms with Crippen molar-refractivity contribution in [1.82, 2.24) is 9.80 Å². The summed E-state index contributed by atoms with van der Waals surface area (Å²) in [6.45, 7) is 5.18. The second-order valence-electron chi connectivity index (χ2n) is 10.3. The van der Waals surface area contributed by atoms with Gasteiger partial charge in [-0.05, 0) is 56.6 Å². The van der Waals surface area contributed by atoms with Crippen LogP contribution in [0.4, 0.5) is 5.69 Å². The van der Waals surface area contributed by atoms with Gasteiger partial charge in [0.2, 0.25) is 5.91 Å². The third-order valence-electron chi connectivity index (χ3n) is 7.04. The van der Waals surface area contributed by atoms with E-state index in [-0.39, 0.29) is 48.0 Å². The molecular weight excluding hydrogens is 474 g/mol. The molecule has 0 radical (unpaired) electrons. The number of carbonyl (C=O) groups is 3. The lowest BCUT2D eigenvalue weighted by Crippen LogP contribution is -2.49. The number of fused-ring (bicyclic) bond motifs is 1. The number of aliphatic hydroxyl groups is 1. The smallest absolute Gasteiger partial charge is 0.335 e. The average molecular weight is 510 g/mol. The van der Waals surface area contributed by atoms with Crippen LogP contribution in [0.3, 0.4) is 0 Å². The van der Waals surface area contributed by atoms with Crippen molar-refractivity contribution in [3.63, 3.8) is 0 Å². The van der Waals surface area contributed by atoms with Crippen molar-refractivity contribution in [2.75, 3.05) is 32.1 Å². The second kappa shape index (κ2) is 11.3. The van der Waals surface area contributed by atoms with E-state index in [1.807, 2.05) is 20.9 Å². The number of para-hydroxylation sites is 1. The minimum Gasteiger partial charge on any atom is -0.486 e. The van der Waals surface area contributed by atoms with Crippen molar-refractivity contribution in [1.29, 1.82) is 0 Å². The molecule has 2 aromatic rings. The van der Waals surface area contributed by atoms with Crippen molar-refractivity contribution in [3.8, 4) is 5.75 Å². The number of aromatic carboxylic acids is 1. The summed E-state index contributed by atoms with van der Waals surface area (Å²) in [4.78, 5) is 41.0. The average Bonchev–Trinajstić information content (AvgIpc) is 3.72. The van der Waals surface area contributed by atoms with Gasteiger partial charge in [-0.2, -0.15) is 0 Å². The molecular formula is C28H35N3O6. The first-order valence-electron chi connectivity index (χ1n) is 12.7. The first-order valence-corrected chi connectivity index (χ1v) is 12.7.